The zero-order chi connectivity index (χ0) is 16.9. The highest BCUT2D eigenvalue weighted by molar-refractivity contribution is 5.53. The first-order valence-electron chi connectivity index (χ1n) is 10.5. The van der Waals surface area contributed by atoms with Gasteiger partial charge in [-0.2, -0.15) is 0 Å². The van der Waals surface area contributed by atoms with Gasteiger partial charge < -0.3 is 4.79 Å². The van der Waals surface area contributed by atoms with Gasteiger partial charge >= 0.3 is 0 Å². The molecule has 5 aliphatic rings. The molecule has 0 N–H and O–H groups in total. The summed E-state index contributed by atoms with van der Waals surface area (Å²) in [6, 6.07) is 0. The zero-order valence-corrected chi connectivity index (χ0v) is 15.8. The topological polar surface area (TPSA) is 17.1 Å². The van der Waals surface area contributed by atoms with Crippen LogP contribution in [0.15, 0.2) is 12.2 Å². The molecule has 0 aromatic carbocycles. The van der Waals surface area contributed by atoms with Crippen molar-refractivity contribution in [3.63, 3.8) is 0 Å². The van der Waals surface area contributed by atoms with E-state index in [4.69, 9.17) is 0 Å². The van der Waals surface area contributed by atoms with Crippen molar-refractivity contribution in [2.45, 2.75) is 72.1 Å². The maximum atomic E-state index is 11.5. The number of carbonyl (C=O) groups is 1. The van der Waals surface area contributed by atoms with Crippen molar-refractivity contribution in [3.05, 3.63) is 12.2 Å². The molecule has 24 heavy (non-hydrogen) atoms. The monoisotopic (exact) mass is 326 g/mol. The van der Waals surface area contributed by atoms with Crippen LogP contribution >= 0.6 is 0 Å². The quantitative estimate of drug-likeness (QED) is 0.473. The Kier molecular flexibility index (Phi) is 2.98. The molecule has 0 amide bonds. The fourth-order valence-corrected chi connectivity index (χ4v) is 9.26. The first-order chi connectivity index (χ1) is 11.4. The molecule has 9 atom stereocenters. The molecule has 0 radical (unpaired) electrons. The fourth-order valence-electron chi connectivity index (χ4n) is 9.26. The van der Waals surface area contributed by atoms with Crippen molar-refractivity contribution in [1.82, 2.24) is 0 Å². The second-order valence-corrected chi connectivity index (χ2v) is 10.7. The molecule has 1 heteroatoms. The van der Waals surface area contributed by atoms with Gasteiger partial charge in [0, 0.05) is 5.92 Å². The van der Waals surface area contributed by atoms with Crippen LogP contribution in [0, 0.1) is 51.8 Å². The molecule has 5 fully saturated rings. The summed E-state index contributed by atoms with van der Waals surface area (Å²) in [5.41, 5.74) is 3.14. The molecule has 0 aromatic rings. The lowest BCUT2D eigenvalue weighted by Gasteiger charge is -2.59. The van der Waals surface area contributed by atoms with E-state index in [1.165, 1.54) is 57.7 Å². The lowest BCUT2D eigenvalue weighted by Crippen LogP contribution is -2.52. The maximum Gasteiger partial charge on any atom is 0.123 e. The Morgan fingerprint density at radius 2 is 1.92 bits per heavy atom. The highest BCUT2D eigenvalue weighted by Crippen LogP contribution is 2.83. The van der Waals surface area contributed by atoms with Gasteiger partial charge in [0.15, 0.2) is 0 Å². The Hall–Kier alpha value is -0.590. The number of hydrogen-bond acceptors (Lipinski definition) is 1. The average Bonchev–Trinajstić information content (AvgIpc) is 3.09. The Balaban J connectivity index is 1.51. The molecule has 0 saturated heterocycles. The van der Waals surface area contributed by atoms with Crippen molar-refractivity contribution < 1.29 is 4.79 Å². The molecular formula is C23H34O. The molecule has 0 aliphatic heterocycles. The van der Waals surface area contributed by atoms with E-state index in [0.29, 0.717) is 22.2 Å². The standard InChI is InChI=1S/C23H34O/c1-14(13-24)18-5-6-19-17-11-15(2)23-12-16(23)7-10-22(23,4)20(17)8-9-21(18,19)3/h13-14,16-20H,2,5-12H2,1,3-4H3/t14-,16-,17+,18-,19+,20+,21-,22-,23-/m1/s1. The predicted molar refractivity (Wildman–Crippen MR) is 97.4 cm³/mol. The van der Waals surface area contributed by atoms with Crippen LogP contribution in [-0.4, -0.2) is 6.29 Å². The molecule has 5 rings (SSSR count). The number of hydrogen-bond donors (Lipinski definition) is 0. The van der Waals surface area contributed by atoms with Crippen molar-refractivity contribution in [1.29, 1.82) is 0 Å². The summed E-state index contributed by atoms with van der Waals surface area (Å²) < 4.78 is 0. The van der Waals surface area contributed by atoms with Crippen LogP contribution in [0.4, 0.5) is 0 Å². The number of carbonyl (C=O) groups excluding carboxylic acids is 1. The number of fused-ring (bicyclic) bond motifs is 4. The summed E-state index contributed by atoms with van der Waals surface area (Å²) >= 11 is 0. The highest BCUT2D eigenvalue weighted by Gasteiger charge is 2.75. The van der Waals surface area contributed by atoms with E-state index in [-0.39, 0.29) is 5.92 Å². The molecule has 5 saturated carbocycles. The molecule has 0 bridgehead atoms. The molecular weight excluding hydrogens is 292 g/mol. The van der Waals surface area contributed by atoms with E-state index in [9.17, 15) is 4.79 Å². The molecule has 1 spiro atoms. The summed E-state index contributed by atoms with van der Waals surface area (Å²) in [5.74, 6) is 4.47. The Morgan fingerprint density at radius 3 is 2.62 bits per heavy atom. The summed E-state index contributed by atoms with van der Waals surface area (Å²) in [7, 11) is 0. The predicted octanol–water partition coefficient (Wildman–Crippen LogP) is 5.65. The summed E-state index contributed by atoms with van der Waals surface area (Å²) in [6.07, 6.45) is 12.3. The second-order valence-electron chi connectivity index (χ2n) is 10.7. The third-order valence-corrected chi connectivity index (χ3v) is 10.4. The third kappa shape index (κ3) is 1.53. The summed E-state index contributed by atoms with van der Waals surface area (Å²) in [5, 5.41) is 0. The average molecular weight is 327 g/mol. The van der Waals surface area contributed by atoms with E-state index in [2.05, 4.69) is 27.4 Å². The van der Waals surface area contributed by atoms with Gasteiger partial charge in [-0.3, -0.25) is 0 Å². The Morgan fingerprint density at radius 1 is 1.12 bits per heavy atom. The van der Waals surface area contributed by atoms with Gasteiger partial charge in [-0.25, -0.2) is 0 Å². The minimum atomic E-state index is 0.240. The Bertz CT molecular complexity index is 607. The Labute approximate surface area is 147 Å². The zero-order valence-electron chi connectivity index (χ0n) is 15.8. The van der Waals surface area contributed by atoms with Gasteiger partial charge in [0.05, 0.1) is 0 Å². The van der Waals surface area contributed by atoms with E-state index in [1.807, 2.05) is 0 Å². The van der Waals surface area contributed by atoms with E-state index >= 15 is 0 Å². The molecule has 0 unspecified atom stereocenters. The van der Waals surface area contributed by atoms with Crippen LogP contribution in [0.2, 0.25) is 0 Å². The second kappa shape index (κ2) is 4.57. The molecule has 1 nitrogen and oxygen atoms in total. The van der Waals surface area contributed by atoms with Crippen molar-refractivity contribution in [2.75, 3.05) is 0 Å². The normalized spacial score (nSPS) is 59.1. The van der Waals surface area contributed by atoms with E-state index < -0.39 is 0 Å². The van der Waals surface area contributed by atoms with Gasteiger partial charge in [-0.15, -0.1) is 0 Å². The summed E-state index contributed by atoms with van der Waals surface area (Å²) in [6.45, 7) is 12.0. The van der Waals surface area contributed by atoms with Crippen molar-refractivity contribution >= 4 is 6.29 Å². The number of aldehydes is 1. The highest BCUT2D eigenvalue weighted by atomic mass is 16.1. The summed E-state index contributed by atoms with van der Waals surface area (Å²) in [4.78, 5) is 11.5. The SMILES string of the molecule is C=C1C[C@H]2[C@@H]3CC[C@H]([C@H](C)C=O)[C@@]3(C)CC[C@@H]2[C@@]2(C)CC[C@@H]3C[C@@]132. The first-order valence-corrected chi connectivity index (χ1v) is 10.5. The van der Waals surface area contributed by atoms with Crippen LogP contribution in [0.25, 0.3) is 0 Å². The molecule has 5 aliphatic carbocycles. The molecule has 0 heterocycles. The van der Waals surface area contributed by atoms with Gasteiger partial charge in [-0.1, -0.05) is 32.9 Å². The van der Waals surface area contributed by atoms with Gasteiger partial charge in [0.25, 0.3) is 0 Å². The van der Waals surface area contributed by atoms with Crippen molar-refractivity contribution in [2.24, 2.45) is 51.8 Å². The minimum Gasteiger partial charge on any atom is -0.303 e. The van der Waals surface area contributed by atoms with E-state index in [0.717, 1.165) is 23.7 Å². The number of allylic oxidation sites excluding steroid dienone is 1. The molecule has 132 valence electrons. The minimum absolute atomic E-state index is 0.240. The third-order valence-electron chi connectivity index (χ3n) is 10.4. The fraction of sp³-hybridized carbons (Fsp3) is 0.870. The lowest BCUT2D eigenvalue weighted by molar-refractivity contribution is -0.116. The first kappa shape index (κ1) is 15.6. The largest absolute Gasteiger partial charge is 0.303 e. The van der Waals surface area contributed by atoms with Crippen molar-refractivity contribution in [3.8, 4) is 0 Å². The van der Waals surface area contributed by atoms with Crippen LogP contribution in [-0.2, 0) is 4.79 Å². The van der Waals surface area contributed by atoms with Crippen LogP contribution < -0.4 is 0 Å². The maximum absolute atomic E-state index is 11.5. The van der Waals surface area contributed by atoms with Gasteiger partial charge in [0.2, 0.25) is 0 Å². The number of rotatable bonds is 2. The van der Waals surface area contributed by atoms with Crippen LogP contribution in [0.1, 0.15) is 72.1 Å². The van der Waals surface area contributed by atoms with Crippen LogP contribution in [0.3, 0.4) is 0 Å². The lowest BCUT2D eigenvalue weighted by atomic mass is 9.45. The molecule has 0 aromatic heterocycles. The van der Waals surface area contributed by atoms with Gasteiger partial charge in [-0.05, 0) is 97.2 Å². The van der Waals surface area contributed by atoms with Crippen LogP contribution in [0.5, 0.6) is 0 Å². The smallest absolute Gasteiger partial charge is 0.123 e. The van der Waals surface area contributed by atoms with E-state index in [1.54, 1.807) is 5.57 Å². The van der Waals surface area contributed by atoms with Gasteiger partial charge in [0.1, 0.15) is 6.29 Å².